The van der Waals surface area contributed by atoms with Gasteiger partial charge in [0.1, 0.15) is 11.8 Å². The Morgan fingerprint density at radius 3 is 2.91 bits per heavy atom. The summed E-state index contributed by atoms with van der Waals surface area (Å²) in [5, 5.41) is 15.0. The van der Waals surface area contributed by atoms with Gasteiger partial charge in [0.15, 0.2) is 5.75 Å². The summed E-state index contributed by atoms with van der Waals surface area (Å²) in [4.78, 5) is 26.8. The van der Waals surface area contributed by atoms with Crippen LogP contribution in [0.2, 0.25) is 0 Å². The molecule has 1 aromatic carbocycles. The van der Waals surface area contributed by atoms with Crippen LogP contribution in [0.4, 0.5) is 5.69 Å². The molecule has 7 nitrogen and oxygen atoms in total. The maximum absolute atomic E-state index is 12.2. The van der Waals surface area contributed by atoms with Crippen LogP contribution in [0.1, 0.15) is 41.9 Å². The van der Waals surface area contributed by atoms with Crippen molar-refractivity contribution in [3.05, 3.63) is 41.6 Å². The van der Waals surface area contributed by atoms with Gasteiger partial charge in [-0.05, 0) is 19.1 Å². The van der Waals surface area contributed by atoms with E-state index >= 15 is 0 Å². The lowest BCUT2D eigenvalue weighted by molar-refractivity contribution is -0.105. The molecule has 1 heterocycles. The van der Waals surface area contributed by atoms with Crippen LogP contribution in [0.5, 0.6) is 5.75 Å². The first-order valence-corrected chi connectivity index (χ1v) is 6.84. The number of carbonyl (C=O) groups is 2. The lowest BCUT2D eigenvalue weighted by Crippen LogP contribution is -2.27. The number of phenolic OH excluding ortho intramolecular Hbond substituents is 1. The summed E-state index contributed by atoms with van der Waals surface area (Å²) in [6.07, 6.45) is 2.76. The number of anilines is 1. The molecular weight excluding hydrogens is 286 g/mol. The molecule has 0 bridgehead atoms. The summed E-state index contributed by atoms with van der Waals surface area (Å²) in [6.45, 7) is 3.67. The van der Waals surface area contributed by atoms with E-state index in [1.165, 1.54) is 12.1 Å². The quantitative estimate of drug-likeness (QED) is 0.559. The highest BCUT2D eigenvalue weighted by Crippen LogP contribution is 2.27. The van der Waals surface area contributed by atoms with E-state index in [4.69, 9.17) is 4.42 Å². The number of aryl methyl sites for hydroxylation is 1. The molecule has 22 heavy (non-hydrogen) atoms. The Morgan fingerprint density at radius 1 is 1.50 bits per heavy atom. The minimum atomic E-state index is -0.490. The highest BCUT2D eigenvalue weighted by molar-refractivity contribution is 5.99. The number of phenols is 1. The molecule has 0 radical (unpaired) electrons. The van der Waals surface area contributed by atoms with Crippen LogP contribution in [0.15, 0.2) is 28.8 Å². The second-order valence-corrected chi connectivity index (χ2v) is 4.68. The monoisotopic (exact) mass is 303 g/mol. The van der Waals surface area contributed by atoms with E-state index in [-0.39, 0.29) is 17.0 Å². The molecule has 0 saturated carbocycles. The average Bonchev–Trinajstić information content (AvgIpc) is 2.98. The van der Waals surface area contributed by atoms with Crippen molar-refractivity contribution in [3.63, 3.8) is 0 Å². The van der Waals surface area contributed by atoms with Crippen LogP contribution < -0.4 is 10.6 Å². The molecule has 0 aliphatic carbocycles. The number of para-hydroxylation sites is 1. The number of hydrogen-bond acceptors (Lipinski definition) is 5. The van der Waals surface area contributed by atoms with Gasteiger partial charge in [0.2, 0.25) is 12.3 Å². The Bertz CT molecular complexity index is 681. The van der Waals surface area contributed by atoms with E-state index in [9.17, 15) is 14.7 Å². The Balaban J connectivity index is 2.15. The topological polar surface area (TPSA) is 104 Å². The number of carbonyl (C=O) groups excluding carboxylic acids is 2. The number of nitrogens with one attached hydrogen (secondary N) is 2. The number of nitrogens with zero attached hydrogens (tertiary/aromatic N) is 1. The maximum atomic E-state index is 12.2. The number of hydrogen-bond donors (Lipinski definition) is 3. The van der Waals surface area contributed by atoms with Gasteiger partial charge in [-0.2, -0.15) is 0 Å². The van der Waals surface area contributed by atoms with Crippen molar-refractivity contribution in [3.8, 4) is 5.75 Å². The summed E-state index contributed by atoms with van der Waals surface area (Å²) in [7, 11) is 0. The van der Waals surface area contributed by atoms with Gasteiger partial charge < -0.3 is 20.2 Å². The van der Waals surface area contributed by atoms with E-state index < -0.39 is 11.9 Å². The van der Waals surface area contributed by atoms with Crippen LogP contribution >= 0.6 is 0 Å². The predicted octanol–water partition coefficient (Wildman–Crippen LogP) is 2.00. The molecule has 0 spiro atoms. The molecule has 3 N–H and O–H groups in total. The number of benzene rings is 1. The third-order valence-electron chi connectivity index (χ3n) is 3.13. The van der Waals surface area contributed by atoms with Crippen molar-refractivity contribution in [1.82, 2.24) is 10.3 Å². The van der Waals surface area contributed by atoms with Crippen molar-refractivity contribution in [2.45, 2.75) is 26.3 Å². The Hall–Kier alpha value is -2.83. The number of rotatable bonds is 6. The number of amides is 2. The number of aromatic hydroxyl groups is 1. The van der Waals surface area contributed by atoms with Crippen molar-refractivity contribution >= 4 is 18.0 Å². The molecule has 7 heteroatoms. The highest BCUT2D eigenvalue weighted by atomic mass is 16.4. The van der Waals surface area contributed by atoms with E-state index in [1.807, 2.05) is 6.92 Å². The fraction of sp³-hybridized carbons (Fsp3) is 0.267. The van der Waals surface area contributed by atoms with Crippen LogP contribution in [0, 0.1) is 0 Å². The fourth-order valence-electron chi connectivity index (χ4n) is 1.93. The van der Waals surface area contributed by atoms with Gasteiger partial charge in [-0.15, -0.1) is 0 Å². The lowest BCUT2D eigenvalue weighted by atomic mass is 10.1. The third kappa shape index (κ3) is 3.25. The second-order valence-electron chi connectivity index (χ2n) is 4.68. The van der Waals surface area contributed by atoms with Gasteiger partial charge in [-0.25, -0.2) is 4.98 Å². The van der Waals surface area contributed by atoms with Crippen molar-refractivity contribution < 1.29 is 19.1 Å². The molecule has 1 aromatic heterocycles. The van der Waals surface area contributed by atoms with Gasteiger partial charge in [0, 0.05) is 6.42 Å². The van der Waals surface area contributed by atoms with Gasteiger partial charge in [0.05, 0.1) is 17.4 Å². The molecule has 2 aromatic rings. The van der Waals surface area contributed by atoms with Crippen LogP contribution in [-0.2, 0) is 11.2 Å². The van der Waals surface area contributed by atoms with Crippen LogP contribution in [0.3, 0.4) is 0 Å². The molecule has 0 aliphatic heterocycles. The third-order valence-corrected chi connectivity index (χ3v) is 3.13. The smallest absolute Gasteiger partial charge is 0.255 e. The second kappa shape index (κ2) is 6.75. The van der Waals surface area contributed by atoms with E-state index in [2.05, 4.69) is 15.6 Å². The predicted molar refractivity (Wildman–Crippen MR) is 79.6 cm³/mol. The first kappa shape index (κ1) is 15.6. The van der Waals surface area contributed by atoms with E-state index in [0.29, 0.717) is 18.7 Å². The molecular formula is C15H17N3O4. The first-order valence-electron chi connectivity index (χ1n) is 6.84. The minimum Gasteiger partial charge on any atom is -0.505 e. The molecule has 116 valence electrons. The Labute approximate surface area is 127 Å². The zero-order valence-electron chi connectivity index (χ0n) is 12.3. The summed E-state index contributed by atoms with van der Waals surface area (Å²) in [6, 6.07) is 4.06. The van der Waals surface area contributed by atoms with Crippen molar-refractivity contribution in [2.75, 3.05) is 5.32 Å². The summed E-state index contributed by atoms with van der Waals surface area (Å²) >= 11 is 0. The lowest BCUT2D eigenvalue weighted by Gasteiger charge is -2.12. The van der Waals surface area contributed by atoms with Gasteiger partial charge in [-0.3, -0.25) is 9.59 Å². The van der Waals surface area contributed by atoms with E-state index in [0.717, 1.165) is 5.76 Å². The van der Waals surface area contributed by atoms with Crippen molar-refractivity contribution in [1.29, 1.82) is 0 Å². The minimum absolute atomic E-state index is 0.0565. The van der Waals surface area contributed by atoms with Gasteiger partial charge >= 0.3 is 0 Å². The number of oxazole rings is 1. The summed E-state index contributed by atoms with van der Waals surface area (Å²) in [5.41, 5.74) is 0.223. The largest absolute Gasteiger partial charge is 0.505 e. The average molecular weight is 303 g/mol. The van der Waals surface area contributed by atoms with E-state index in [1.54, 1.807) is 19.2 Å². The molecule has 2 rings (SSSR count). The number of aromatic nitrogens is 1. The van der Waals surface area contributed by atoms with Gasteiger partial charge in [0.25, 0.3) is 5.91 Å². The zero-order valence-corrected chi connectivity index (χ0v) is 12.3. The van der Waals surface area contributed by atoms with Gasteiger partial charge in [-0.1, -0.05) is 13.0 Å². The maximum Gasteiger partial charge on any atom is 0.255 e. The SMILES string of the molecule is CCc1cnc(C(C)NC(=O)c2cccc(NC=O)c2O)o1. The fourth-order valence-corrected chi connectivity index (χ4v) is 1.93. The molecule has 1 atom stereocenters. The van der Waals surface area contributed by atoms with Crippen LogP contribution in [0.25, 0.3) is 0 Å². The normalized spacial score (nSPS) is 11.7. The molecule has 1 unspecified atom stereocenters. The standard InChI is InChI=1S/C15H17N3O4/c1-3-10-7-16-15(22-10)9(2)18-14(21)11-5-4-6-12(13(11)20)17-8-19/h4-9,20H,3H2,1-2H3,(H,17,19)(H,18,21). The zero-order chi connectivity index (χ0) is 16.1. The molecule has 0 saturated heterocycles. The molecule has 0 aliphatic rings. The molecule has 0 fully saturated rings. The summed E-state index contributed by atoms with van der Waals surface area (Å²) in [5.74, 6) is 0.347. The van der Waals surface area contributed by atoms with Crippen molar-refractivity contribution in [2.24, 2.45) is 0 Å². The first-order chi connectivity index (χ1) is 10.6. The van der Waals surface area contributed by atoms with Crippen LogP contribution in [-0.4, -0.2) is 22.4 Å². The Kier molecular flexibility index (Phi) is 4.77. The Morgan fingerprint density at radius 2 is 2.27 bits per heavy atom. The molecule has 2 amide bonds. The summed E-state index contributed by atoms with van der Waals surface area (Å²) < 4.78 is 5.48. The highest BCUT2D eigenvalue weighted by Gasteiger charge is 2.19.